The Morgan fingerprint density at radius 1 is 1.73 bits per heavy atom. The van der Waals surface area contributed by atoms with Crippen molar-refractivity contribution in [3.8, 4) is 0 Å². The molecule has 0 aromatic rings. The number of carbonyl (C=O) groups is 2. The maximum absolute atomic E-state index is 10.2. The van der Waals surface area contributed by atoms with E-state index in [0.29, 0.717) is 12.7 Å². The summed E-state index contributed by atoms with van der Waals surface area (Å²) >= 11 is 0. The molecule has 4 nitrogen and oxygen atoms in total. The normalized spacial score (nSPS) is 12.1. The number of aldehydes is 1. The second kappa shape index (κ2) is 5.70. The van der Waals surface area contributed by atoms with Gasteiger partial charge in [-0.1, -0.05) is 19.8 Å². The van der Waals surface area contributed by atoms with E-state index in [-0.39, 0.29) is 0 Å². The van der Waals surface area contributed by atoms with Crippen LogP contribution in [0.4, 0.5) is 4.79 Å². The highest BCUT2D eigenvalue weighted by atomic mass is 16.4. The first-order valence-corrected chi connectivity index (χ1v) is 3.65. The molecule has 1 atom stereocenters. The fourth-order valence-electron chi connectivity index (χ4n) is 0.757. The Morgan fingerprint density at radius 3 is 2.73 bits per heavy atom. The molecular weight excluding hydrogens is 146 g/mol. The maximum atomic E-state index is 10.2. The topological polar surface area (TPSA) is 66.4 Å². The van der Waals surface area contributed by atoms with Crippen LogP contribution in [0.5, 0.6) is 0 Å². The summed E-state index contributed by atoms with van der Waals surface area (Å²) in [5, 5.41) is 10.4. The second-order valence-electron chi connectivity index (χ2n) is 2.33. The molecule has 0 saturated carbocycles. The highest BCUT2D eigenvalue weighted by molar-refractivity contribution is 5.71. The Balaban J connectivity index is 3.57. The van der Waals surface area contributed by atoms with Crippen LogP contribution in [0.1, 0.15) is 26.2 Å². The van der Waals surface area contributed by atoms with Crippen molar-refractivity contribution >= 4 is 12.4 Å². The van der Waals surface area contributed by atoms with Crippen LogP contribution in [0.2, 0.25) is 0 Å². The predicted molar refractivity (Wildman–Crippen MR) is 40.5 cm³/mol. The number of carbonyl (C=O) groups excluding carboxylic acids is 1. The van der Waals surface area contributed by atoms with Gasteiger partial charge in [0.1, 0.15) is 6.29 Å². The van der Waals surface area contributed by atoms with Gasteiger partial charge in [-0.2, -0.15) is 0 Å². The first-order valence-electron chi connectivity index (χ1n) is 3.65. The van der Waals surface area contributed by atoms with E-state index in [1.54, 1.807) is 0 Å². The van der Waals surface area contributed by atoms with Crippen molar-refractivity contribution in [3.05, 3.63) is 0 Å². The Hall–Kier alpha value is -1.06. The molecule has 11 heavy (non-hydrogen) atoms. The zero-order valence-corrected chi connectivity index (χ0v) is 6.54. The first-order chi connectivity index (χ1) is 5.20. The van der Waals surface area contributed by atoms with E-state index in [4.69, 9.17) is 5.11 Å². The molecule has 0 spiro atoms. The molecule has 0 aliphatic carbocycles. The number of rotatable bonds is 5. The van der Waals surface area contributed by atoms with E-state index in [2.05, 4.69) is 5.32 Å². The van der Waals surface area contributed by atoms with Gasteiger partial charge in [0.05, 0.1) is 6.04 Å². The van der Waals surface area contributed by atoms with Gasteiger partial charge >= 0.3 is 6.09 Å². The number of amides is 1. The van der Waals surface area contributed by atoms with E-state index in [0.717, 1.165) is 12.8 Å². The van der Waals surface area contributed by atoms with Crippen molar-refractivity contribution in [1.82, 2.24) is 5.32 Å². The average molecular weight is 159 g/mol. The van der Waals surface area contributed by atoms with Crippen LogP contribution in [0.3, 0.4) is 0 Å². The summed E-state index contributed by atoms with van der Waals surface area (Å²) in [6.07, 6.45) is 1.91. The van der Waals surface area contributed by atoms with Gasteiger partial charge in [0.25, 0.3) is 0 Å². The molecule has 0 bridgehead atoms. The lowest BCUT2D eigenvalue weighted by atomic mass is 10.1. The monoisotopic (exact) mass is 159 g/mol. The van der Waals surface area contributed by atoms with Crippen molar-refractivity contribution in [2.24, 2.45) is 0 Å². The van der Waals surface area contributed by atoms with Crippen molar-refractivity contribution in [2.75, 3.05) is 0 Å². The largest absolute Gasteiger partial charge is 0.465 e. The summed E-state index contributed by atoms with van der Waals surface area (Å²) < 4.78 is 0. The van der Waals surface area contributed by atoms with Crippen molar-refractivity contribution in [2.45, 2.75) is 32.2 Å². The summed E-state index contributed by atoms with van der Waals surface area (Å²) in [6, 6.07) is -0.535. The lowest BCUT2D eigenvalue weighted by Gasteiger charge is -2.07. The molecule has 0 aliphatic rings. The Morgan fingerprint density at radius 2 is 2.36 bits per heavy atom. The fraction of sp³-hybridized carbons (Fsp3) is 0.714. The van der Waals surface area contributed by atoms with Gasteiger partial charge in [-0.15, -0.1) is 0 Å². The molecule has 0 heterocycles. The van der Waals surface area contributed by atoms with Crippen molar-refractivity contribution < 1.29 is 14.7 Å². The predicted octanol–water partition coefficient (Wildman–Crippen LogP) is 1.01. The molecule has 0 rings (SSSR count). The van der Waals surface area contributed by atoms with Crippen molar-refractivity contribution in [1.29, 1.82) is 0 Å². The van der Waals surface area contributed by atoms with Gasteiger partial charge in [-0.05, 0) is 6.42 Å². The SMILES string of the molecule is CCCCC(C=O)NC(=O)O. The van der Waals surface area contributed by atoms with Gasteiger partial charge in [-0.25, -0.2) is 4.79 Å². The highest BCUT2D eigenvalue weighted by Crippen LogP contribution is 1.97. The number of hydrogen-bond donors (Lipinski definition) is 2. The molecule has 0 saturated heterocycles. The molecule has 1 amide bonds. The number of carboxylic acid groups (broad SMARTS) is 1. The van der Waals surface area contributed by atoms with Gasteiger partial charge < -0.3 is 15.2 Å². The van der Waals surface area contributed by atoms with Crippen molar-refractivity contribution in [3.63, 3.8) is 0 Å². The third kappa shape index (κ3) is 5.39. The van der Waals surface area contributed by atoms with Crippen LogP contribution in [0.15, 0.2) is 0 Å². The number of nitrogens with one attached hydrogen (secondary N) is 1. The molecule has 1 unspecified atom stereocenters. The Kier molecular flexibility index (Phi) is 5.15. The smallest absolute Gasteiger partial charge is 0.405 e. The lowest BCUT2D eigenvalue weighted by molar-refractivity contribution is -0.109. The van der Waals surface area contributed by atoms with Gasteiger partial charge in [0.15, 0.2) is 0 Å². The molecule has 4 heteroatoms. The third-order valence-corrected chi connectivity index (χ3v) is 1.34. The molecule has 0 aromatic carbocycles. The molecular formula is C7H13NO3. The summed E-state index contributed by atoms with van der Waals surface area (Å²) in [5.41, 5.74) is 0. The number of unbranched alkanes of at least 4 members (excludes halogenated alkanes) is 1. The van der Waals surface area contributed by atoms with Crippen LogP contribution in [0.25, 0.3) is 0 Å². The zero-order valence-electron chi connectivity index (χ0n) is 6.54. The van der Waals surface area contributed by atoms with Gasteiger partial charge in [0, 0.05) is 0 Å². The van der Waals surface area contributed by atoms with Gasteiger partial charge in [0.2, 0.25) is 0 Å². The molecule has 2 N–H and O–H groups in total. The Labute approximate surface area is 65.6 Å². The summed E-state index contributed by atoms with van der Waals surface area (Å²) in [6.45, 7) is 1.99. The van der Waals surface area contributed by atoms with E-state index in [1.807, 2.05) is 6.92 Å². The molecule has 64 valence electrons. The summed E-state index contributed by atoms with van der Waals surface area (Å²) in [4.78, 5) is 20.3. The minimum Gasteiger partial charge on any atom is -0.465 e. The van der Waals surface area contributed by atoms with Crippen LogP contribution >= 0.6 is 0 Å². The minimum atomic E-state index is -1.14. The van der Waals surface area contributed by atoms with E-state index in [1.165, 1.54) is 0 Å². The minimum absolute atomic E-state index is 0.535. The maximum Gasteiger partial charge on any atom is 0.405 e. The Bertz CT molecular complexity index is 136. The van der Waals surface area contributed by atoms with Crippen LogP contribution < -0.4 is 5.32 Å². The first kappa shape index (κ1) is 9.94. The third-order valence-electron chi connectivity index (χ3n) is 1.34. The summed E-state index contributed by atoms with van der Waals surface area (Å²) in [5.74, 6) is 0. The average Bonchev–Trinajstić information content (AvgIpc) is 1.97. The number of hydrogen-bond acceptors (Lipinski definition) is 2. The lowest BCUT2D eigenvalue weighted by Crippen LogP contribution is -2.34. The highest BCUT2D eigenvalue weighted by Gasteiger charge is 2.07. The van der Waals surface area contributed by atoms with E-state index in [9.17, 15) is 9.59 Å². The second-order valence-corrected chi connectivity index (χ2v) is 2.33. The molecule has 0 radical (unpaired) electrons. The van der Waals surface area contributed by atoms with E-state index < -0.39 is 12.1 Å². The zero-order chi connectivity index (χ0) is 8.69. The van der Waals surface area contributed by atoms with Gasteiger partial charge in [-0.3, -0.25) is 0 Å². The van der Waals surface area contributed by atoms with Crippen LogP contribution in [-0.4, -0.2) is 23.5 Å². The standard InChI is InChI=1S/C7H13NO3/c1-2-3-4-6(5-9)8-7(10)11/h5-6,8H,2-4H2,1H3,(H,10,11). The molecule has 0 aromatic heterocycles. The fourth-order valence-corrected chi connectivity index (χ4v) is 0.757. The molecule has 0 aliphatic heterocycles. The molecule has 0 fully saturated rings. The van der Waals surface area contributed by atoms with Crippen LogP contribution in [-0.2, 0) is 4.79 Å². The summed E-state index contributed by atoms with van der Waals surface area (Å²) in [7, 11) is 0. The van der Waals surface area contributed by atoms with Crippen LogP contribution in [0, 0.1) is 0 Å². The quantitative estimate of drug-likeness (QED) is 0.588. The van der Waals surface area contributed by atoms with E-state index >= 15 is 0 Å².